The van der Waals surface area contributed by atoms with Gasteiger partial charge >= 0.3 is 0 Å². The van der Waals surface area contributed by atoms with Crippen LogP contribution in [0.4, 0.5) is 0 Å². The molecule has 1 fully saturated rings. The van der Waals surface area contributed by atoms with Crippen LogP contribution in [0.15, 0.2) is 23.1 Å². The Hall–Kier alpha value is -1.05. The second-order valence-corrected chi connectivity index (χ2v) is 4.30. The highest BCUT2D eigenvalue weighted by Gasteiger charge is 2.15. The van der Waals surface area contributed by atoms with Crippen molar-refractivity contribution in [3.63, 3.8) is 0 Å². The summed E-state index contributed by atoms with van der Waals surface area (Å²) in [5.41, 5.74) is 1.03. The van der Waals surface area contributed by atoms with E-state index in [1.807, 2.05) is 29.8 Å². The molecule has 0 bridgehead atoms. The van der Waals surface area contributed by atoms with Crippen LogP contribution in [-0.2, 0) is 6.54 Å². The van der Waals surface area contributed by atoms with Crippen molar-refractivity contribution in [1.82, 2.24) is 4.57 Å². The van der Waals surface area contributed by atoms with Gasteiger partial charge < -0.3 is 4.57 Å². The van der Waals surface area contributed by atoms with Crippen molar-refractivity contribution in [3.8, 4) is 0 Å². The molecule has 0 spiro atoms. The summed E-state index contributed by atoms with van der Waals surface area (Å²) in [5.74, 6) is 0.731. The number of aryl methyl sites for hydroxylation is 1. The molecule has 1 aliphatic carbocycles. The summed E-state index contributed by atoms with van der Waals surface area (Å²) < 4.78 is 1.87. The Morgan fingerprint density at radius 2 is 2.14 bits per heavy atom. The van der Waals surface area contributed by atoms with Gasteiger partial charge in [-0.3, -0.25) is 4.79 Å². The summed E-state index contributed by atoms with van der Waals surface area (Å²) in [6.07, 6.45) is 7.17. The van der Waals surface area contributed by atoms with Crippen molar-refractivity contribution < 1.29 is 0 Å². The summed E-state index contributed by atoms with van der Waals surface area (Å²) in [7, 11) is 0. The molecule has 1 heterocycles. The highest BCUT2D eigenvalue weighted by molar-refractivity contribution is 5.07. The largest absolute Gasteiger partial charge is 0.315 e. The third-order valence-corrected chi connectivity index (χ3v) is 3.14. The number of hydrogen-bond donors (Lipinski definition) is 0. The van der Waals surface area contributed by atoms with Crippen LogP contribution in [0.5, 0.6) is 0 Å². The Labute approximate surface area is 84.6 Å². The molecule has 1 aromatic heterocycles. The zero-order chi connectivity index (χ0) is 9.97. The molecule has 0 radical (unpaired) electrons. The minimum Gasteiger partial charge on any atom is -0.315 e. The maximum absolute atomic E-state index is 11.7. The first-order chi connectivity index (χ1) is 6.77. The highest BCUT2D eigenvalue weighted by Crippen LogP contribution is 2.25. The number of rotatable bonds is 2. The van der Waals surface area contributed by atoms with Gasteiger partial charge in [0.25, 0.3) is 5.56 Å². The van der Waals surface area contributed by atoms with E-state index in [1.54, 1.807) is 0 Å². The molecule has 1 aromatic rings. The molecular formula is C12H17NO. The van der Waals surface area contributed by atoms with E-state index in [1.165, 1.54) is 25.7 Å². The minimum atomic E-state index is 0.180. The van der Waals surface area contributed by atoms with Gasteiger partial charge in [0.15, 0.2) is 0 Å². The van der Waals surface area contributed by atoms with Gasteiger partial charge in [0.05, 0.1) is 0 Å². The van der Waals surface area contributed by atoms with Crippen molar-refractivity contribution in [2.75, 3.05) is 0 Å². The van der Waals surface area contributed by atoms with Crippen LogP contribution >= 0.6 is 0 Å². The van der Waals surface area contributed by atoms with Gasteiger partial charge in [-0.2, -0.15) is 0 Å². The maximum atomic E-state index is 11.7. The number of nitrogens with zero attached hydrogens (tertiary/aromatic N) is 1. The first kappa shape index (κ1) is 9.50. The zero-order valence-electron chi connectivity index (χ0n) is 8.70. The number of aromatic nitrogens is 1. The summed E-state index contributed by atoms with van der Waals surface area (Å²) in [6.45, 7) is 2.80. The number of pyridine rings is 1. The summed E-state index contributed by atoms with van der Waals surface area (Å²) in [6, 6.07) is 3.85. The molecular weight excluding hydrogens is 174 g/mol. The molecule has 0 amide bonds. The number of hydrogen-bond acceptors (Lipinski definition) is 1. The first-order valence-corrected chi connectivity index (χ1v) is 5.43. The molecule has 2 heteroatoms. The van der Waals surface area contributed by atoms with E-state index < -0.39 is 0 Å². The normalized spacial score (nSPS) is 17.5. The molecule has 1 aliphatic rings. The lowest BCUT2D eigenvalue weighted by Crippen LogP contribution is -2.24. The molecule has 0 saturated heterocycles. The highest BCUT2D eigenvalue weighted by atomic mass is 16.1. The molecule has 76 valence electrons. The average molecular weight is 191 g/mol. The molecule has 14 heavy (non-hydrogen) atoms. The van der Waals surface area contributed by atoms with Gasteiger partial charge in [-0.15, -0.1) is 0 Å². The third kappa shape index (κ3) is 1.89. The second-order valence-electron chi connectivity index (χ2n) is 4.30. The lowest BCUT2D eigenvalue weighted by molar-refractivity contribution is 0.448. The van der Waals surface area contributed by atoms with E-state index in [4.69, 9.17) is 0 Å². The van der Waals surface area contributed by atoms with Crippen molar-refractivity contribution in [2.24, 2.45) is 5.92 Å². The quantitative estimate of drug-likeness (QED) is 0.703. The Balaban J connectivity index is 2.16. The average Bonchev–Trinajstić information content (AvgIpc) is 2.66. The van der Waals surface area contributed by atoms with Crippen LogP contribution in [0, 0.1) is 12.8 Å². The van der Waals surface area contributed by atoms with Crippen LogP contribution in [0.3, 0.4) is 0 Å². The van der Waals surface area contributed by atoms with E-state index >= 15 is 0 Å². The third-order valence-electron chi connectivity index (χ3n) is 3.14. The Morgan fingerprint density at radius 3 is 2.86 bits per heavy atom. The Bertz CT molecular complexity index is 361. The van der Waals surface area contributed by atoms with Gasteiger partial charge in [0.2, 0.25) is 0 Å². The molecule has 2 nitrogen and oxygen atoms in total. The second kappa shape index (κ2) is 3.99. The standard InChI is InChI=1S/C12H17NO/c1-10-5-4-8-13(12(10)14)9-11-6-2-3-7-11/h4-5,8,11H,2-3,6-7,9H2,1H3. The van der Waals surface area contributed by atoms with E-state index in [0.717, 1.165) is 18.0 Å². The van der Waals surface area contributed by atoms with Crippen LogP contribution in [-0.4, -0.2) is 4.57 Å². The van der Waals surface area contributed by atoms with Gasteiger partial charge in [0, 0.05) is 18.3 Å². The van der Waals surface area contributed by atoms with E-state index in [2.05, 4.69) is 0 Å². The van der Waals surface area contributed by atoms with Gasteiger partial charge in [-0.25, -0.2) is 0 Å². The first-order valence-electron chi connectivity index (χ1n) is 5.43. The lowest BCUT2D eigenvalue weighted by Gasteiger charge is -2.11. The fourth-order valence-corrected chi connectivity index (χ4v) is 2.27. The summed E-state index contributed by atoms with van der Waals surface area (Å²) >= 11 is 0. The van der Waals surface area contributed by atoms with Crippen molar-refractivity contribution in [3.05, 3.63) is 34.2 Å². The van der Waals surface area contributed by atoms with Gasteiger partial charge in [-0.1, -0.05) is 18.9 Å². The maximum Gasteiger partial charge on any atom is 0.253 e. The molecule has 0 N–H and O–H groups in total. The molecule has 2 rings (SSSR count). The fraction of sp³-hybridized carbons (Fsp3) is 0.583. The van der Waals surface area contributed by atoms with Crippen molar-refractivity contribution >= 4 is 0 Å². The fourth-order valence-electron chi connectivity index (χ4n) is 2.27. The van der Waals surface area contributed by atoms with Crippen LogP contribution in [0.1, 0.15) is 31.2 Å². The Morgan fingerprint density at radius 1 is 1.43 bits per heavy atom. The van der Waals surface area contributed by atoms with Crippen LogP contribution in [0.25, 0.3) is 0 Å². The van der Waals surface area contributed by atoms with Crippen LogP contribution < -0.4 is 5.56 Å². The van der Waals surface area contributed by atoms with E-state index in [0.29, 0.717) is 0 Å². The zero-order valence-corrected chi connectivity index (χ0v) is 8.70. The molecule has 0 aliphatic heterocycles. The van der Waals surface area contributed by atoms with E-state index in [9.17, 15) is 4.79 Å². The molecule has 0 unspecified atom stereocenters. The monoisotopic (exact) mass is 191 g/mol. The molecule has 1 saturated carbocycles. The summed E-state index contributed by atoms with van der Waals surface area (Å²) in [5, 5.41) is 0. The van der Waals surface area contributed by atoms with Crippen molar-refractivity contribution in [2.45, 2.75) is 39.2 Å². The minimum absolute atomic E-state index is 0.180. The SMILES string of the molecule is Cc1cccn(CC2CCCC2)c1=O. The summed E-state index contributed by atoms with van der Waals surface area (Å²) in [4.78, 5) is 11.7. The van der Waals surface area contributed by atoms with Crippen LogP contribution in [0.2, 0.25) is 0 Å². The topological polar surface area (TPSA) is 22.0 Å². The predicted molar refractivity (Wildman–Crippen MR) is 57.4 cm³/mol. The Kier molecular flexibility index (Phi) is 2.71. The molecule has 0 atom stereocenters. The van der Waals surface area contributed by atoms with E-state index in [-0.39, 0.29) is 5.56 Å². The predicted octanol–water partition coefficient (Wildman–Crippen LogP) is 2.35. The van der Waals surface area contributed by atoms with Crippen molar-refractivity contribution in [1.29, 1.82) is 0 Å². The van der Waals surface area contributed by atoms with Gasteiger partial charge in [0.1, 0.15) is 0 Å². The lowest BCUT2D eigenvalue weighted by atomic mass is 10.1. The van der Waals surface area contributed by atoms with Gasteiger partial charge in [-0.05, 0) is 31.7 Å². The smallest absolute Gasteiger partial charge is 0.253 e. The molecule has 0 aromatic carbocycles.